The molecule has 0 bridgehead atoms. The van der Waals surface area contributed by atoms with Gasteiger partial charge in [0.1, 0.15) is 12.7 Å². The Morgan fingerprint density at radius 2 is 2.12 bits per heavy atom. The summed E-state index contributed by atoms with van der Waals surface area (Å²) in [4.78, 5) is 30.2. The van der Waals surface area contributed by atoms with Gasteiger partial charge in [-0.3, -0.25) is 9.59 Å². The Kier molecular flexibility index (Phi) is 5.42. The van der Waals surface area contributed by atoms with E-state index < -0.39 is 0 Å². The fraction of sp³-hybridized carbons (Fsp3) is 0.444. The molecule has 1 aromatic heterocycles. The zero-order chi connectivity index (χ0) is 17.6. The molecule has 1 aromatic carbocycles. The highest BCUT2D eigenvalue weighted by atomic mass is 16.2. The van der Waals surface area contributed by atoms with E-state index in [9.17, 15) is 9.59 Å². The molecule has 1 aliphatic rings. The molecule has 0 spiro atoms. The Bertz CT molecular complexity index is 702. The zero-order valence-electron chi connectivity index (χ0n) is 14.3. The molecule has 25 heavy (non-hydrogen) atoms. The van der Waals surface area contributed by atoms with Gasteiger partial charge in [0.05, 0.1) is 18.5 Å². The van der Waals surface area contributed by atoms with Crippen LogP contribution >= 0.6 is 0 Å². The number of hydrogen-bond donors (Lipinski definition) is 1. The summed E-state index contributed by atoms with van der Waals surface area (Å²) in [6.07, 6.45) is 5.40. The second-order valence-electron chi connectivity index (χ2n) is 6.38. The highest BCUT2D eigenvalue weighted by molar-refractivity contribution is 5.79. The van der Waals surface area contributed by atoms with Crippen LogP contribution in [0, 0.1) is 0 Å². The predicted molar refractivity (Wildman–Crippen MR) is 92.5 cm³/mol. The van der Waals surface area contributed by atoms with Crippen LogP contribution < -0.4 is 5.32 Å². The third kappa shape index (κ3) is 4.43. The van der Waals surface area contributed by atoms with Gasteiger partial charge in [0.25, 0.3) is 0 Å². The van der Waals surface area contributed by atoms with Gasteiger partial charge >= 0.3 is 0 Å². The van der Waals surface area contributed by atoms with Gasteiger partial charge in [-0.2, -0.15) is 5.10 Å². The summed E-state index contributed by atoms with van der Waals surface area (Å²) in [5, 5.41) is 7.08. The topological polar surface area (TPSA) is 80.1 Å². The quantitative estimate of drug-likeness (QED) is 0.898. The predicted octanol–water partition coefficient (Wildman–Crippen LogP) is 1.71. The highest BCUT2D eigenvalue weighted by Gasteiger charge is 2.27. The van der Waals surface area contributed by atoms with Gasteiger partial charge < -0.3 is 10.2 Å². The molecule has 7 heteroatoms. The van der Waals surface area contributed by atoms with Crippen molar-refractivity contribution in [2.24, 2.45) is 0 Å². The third-order valence-electron chi connectivity index (χ3n) is 4.52. The number of piperidine rings is 1. The second kappa shape index (κ2) is 7.92. The molecule has 2 atom stereocenters. The number of carbonyl (C=O) groups is 2. The lowest BCUT2D eigenvalue weighted by atomic mass is 10.0. The summed E-state index contributed by atoms with van der Waals surface area (Å²) in [6, 6.07) is 9.47. The highest BCUT2D eigenvalue weighted by Crippen LogP contribution is 2.23. The maximum Gasteiger partial charge on any atom is 0.225 e. The van der Waals surface area contributed by atoms with E-state index in [1.54, 1.807) is 6.33 Å². The van der Waals surface area contributed by atoms with Crippen molar-refractivity contribution < 1.29 is 9.59 Å². The largest absolute Gasteiger partial charge is 0.349 e. The van der Waals surface area contributed by atoms with Crippen LogP contribution in [0.1, 0.15) is 43.8 Å². The number of aromatic nitrogens is 3. The first-order valence-corrected chi connectivity index (χ1v) is 8.57. The van der Waals surface area contributed by atoms with Crippen molar-refractivity contribution in [2.45, 2.75) is 38.3 Å². The molecular formula is C18H23N5O2. The van der Waals surface area contributed by atoms with Gasteiger partial charge in [-0.15, -0.1) is 0 Å². The molecule has 0 radical (unpaired) electrons. The molecule has 1 N–H and O–H groups in total. The monoisotopic (exact) mass is 341 g/mol. The molecule has 0 aliphatic carbocycles. The smallest absolute Gasteiger partial charge is 0.225 e. The first kappa shape index (κ1) is 17.1. The standard InChI is InChI=1S/C18H23N5O2/c1-14(24)21-17(15-6-3-2-4-7-15)10-18(25)22-9-5-8-16(11-22)23-13-19-12-20-23/h2-4,6-7,12-13,16-17H,5,8-11H2,1H3,(H,21,24). The molecule has 1 aliphatic heterocycles. The van der Waals surface area contributed by atoms with Crippen LogP contribution in [-0.2, 0) is 9.59 Å². The summed E-state index contributed by atoms with van der Waals surface area (Å²) in [5.41, 5.74) is 0.941. The Hall–Kier alpha value is -2.70. The Morgan fingerprint density at radius 3 is 2.80 bits per heavy atom. The van der Waals surface area contributed by atoms with E-state index in [2.05, 4.69) is 15.4 Å². The van der Waals surface area contributed by atoms with Gasteiger partial charge in [-0.25, -0.2) is 9.67 Å². The number of likely N-dealkylation sites (tertiary alicyclic amines) is 1. The van der Waals surface area contributed by atoms with E-state index in [4.69, 9.17) is 0 Å². The lowest BCUT2D eigenvalue weighted by molar-refractivity contribution is -0.133. The van der Waals surface area contributed by atoms with E-state index in [0.29, 0.717) is 6.54 Å². The lowest BCUT2D eigenvalue weighted by Crippen LogP contribution is -2.42. The number of amides is 2. The van der Waals surface area contributed by atoms with Gasteiger partial charge in [0.15, 0.2) is 0 Å². The summed E-state index contributed by atoms with van der Waals surface area (Å²) in [6.45, 7) is 2.84. The van der Waals surface area contributed by atoms with Crippen LogP contribution in [0.25, 0.3) is 0 Å². The van der Waals surface area contributed by atoms with Crippen LogP contribution in [0.4, 0.5) is 0 Å². The Balaban J connectivity index is 1.67. The maximum absolute atomic E-state index is 12.8. The van der Waals surface area contributed by atoms with E-state index in [1.165, 1.54) is 13.3 Å². The second-order valence-corrected chi connectivity index (χ2v) is 6.38. The molecule has 2 unspecified atom stereocenters. The first-order chi connectivity index (χ1) is 12.1. The summed E-state index contributed by atoms with van der Waals surface area (Å²) < 4.78 is 1.82. The molecule has 0 saturated carbocycles. The van der Waals surface area contributed by atoms with Crippen molar-refractivity contribution >= 4 is 11.8 Å². The average molecular weight is 341 g/mol. The summed E-state index contributed by atoms with van der Waals surface area (Å²) >= 11 is 0. The normalized spacial score (nSPS) is 18.6. The molecule has 132 valence electrons. The van der Waals surface area contributed by atoms with Crippen LogP contribution in [0.3, 0.4) is 0 Å². The third-order valence-corrected chi connectivity index (χ3v) is 4.52. The SMILES string of the molecule is CC(=O)NC(CC(=O)N1CCCC(n2cncn2)C1)c1ccccc1. The lowest BCUT2D eigenvalue weighted by Gasteiger charge is -2.33. The van der Waals surface area contributed by atoms with Crippen LogP contribution in [0.15, 0.2) is 43.0 Å². The number of nitrogens with zero attached hydrogens (tertiary/aromatic N) is 4. The average Bonchev–Trinajstić information content (AvgIpc) is 3.16. The number of benzene rings is 1. The Morgan fingerprint density at radius 1 is 1.32 bits per heavy atom. The summed E-state index contributed by atoms with van der Waals surface area (Å²) in [5.74, 6) is -0.0896. The van der Waals surface area contributed by atoms with Crippen molar-refractivity contribution in [3.8, 4) is 0 Å². The molecular weight excluding hydrogens is 318 g/mol. The van der Waals surface area contributed by atoms with Gasteiger partial charge in [0, 0.05) is 20.0 Å². The Labute approximate surface area is 147 Å². The zero-order valence-corrected chi connectivity index (χ0v) is 14.3. The van der Waals surface area contributed by atoms with E-state index in [0.717, 1.165) is 24.9 Å². The molecule has 2 heterocycles. The minimum Gasteiger partial charge on any atom is -0.349 e. The van der Waals surface area contributed by atoms with Crippen molar-refractivity contribution in [3.05, 3.63) is 48.5 Å². The van der Waals surface area contributed by atoms with E-state index >= 15 is 0 Å². The number of nitrogens with one attached hydrogen (secondary N) is 1. The number of carbonyl (C=O) groups excluding carboxylic acids is 2. The van der Waals surface area contributed by atoms with Gasteiger partial charge in [-0.05, 0) is 18.4 Å². The van der Waals surface area contributed by atoms with E-state index in [-0.39, 0.29) is 30.3 Å². The molecule has 1 saturated heterocycles. The van der Waals surface area contributed by atoms with Crippen LogP contribution in [0.2, 0.25) is 0 Å². The molecule has 7 nitrogen and oxygen atoms in total. The van der Waals surface area contributed by atoms with Crippen molar-refractivity contribution in [3.63, 3.8) is 0 Å². The van der Waals surface area contributed by atoms with Crippen molar-refractivity contribution in [2.75, 3.05) is 13.1 Å². The van der Waals surface area contributed by atoms with Crippen molar-refractivity contribution in [1.29, 1.82) is 0 Å². The van der Waals surface area contributed by atoms with Crippen molar-refractivity contribution in [1.82, 2.24) is 25.0 Å². The van der Waals surface area contributed by atoms with Gasteiger partial charge in [0.2, 0.25) is 11.8 Å². The first-order valence-electron chi connectivity index (χ1n) is 8.57. The maximum atomic E-state index is 12.8. The molecule has 2 aromatic rings. The number of rotatable bonds is 5. The van der Waals surface area contributed by atoms with E-state index in [1.807, 2.05) is 39.9 Å². The molecule has 1 fully saturated rings. The minimum absolute atomic E-state index is 0.0485. The molecule has 3 rings (SSSR count). The minimum atomic E-state index is -0.307. The summed E-state index contributed by atoms with van der Waals surface area (Å²) in [7, 11) is 0. The van der Waals surface area contributed by atoms with Gasteiger partial charge in [-0.1, -0.05) is 30.3 Å². The fourth-order valence-electron chi connectivity index (χ4n) is 3.29. The fourth-order valence-corrected chi connectivity index (χ4v) is 3.29. The molecule has 2 amide bonds. The number of hydrogen-bond acceptors (Lipinski definition) is 4. The van der Waals surface area contributed by atoms with Crippen LogP contribution in [-0.4, -0.2) is 44.6 Å². The van der Waals surface area contributed by atoms with Crippen LogP contribution in [0.5, 0.6) is 0 Å².